The molecule has 9 nitrogen and oxygen atoms in total. The number of unbranched alkanes of at least 4 members (excludes halogenated alkanes) is 19. The lowest BCUT2D eigenvalue weighted by Crippen LogP contribution is -2.60. The molecule has 1 aliphatic heterocycles. The molecule has 69 heavy (non-hydrogen) atoms. The summed E-state index contributed by atoms with van der Waals surface area (Å²) in [6, 6.07) is -0.807. The first-order chi connectivity index (χ1) is 33.8. The van der Waals surface area contributed by atoms with Gasteiger partial charge in [-0.3, -0.25) is 4.79 Å². The lowest BCUT2D eigenvalue weighted by Gasteiger charge is -2.40. The molecule has 7 atom stereocenters. The standard InChI is InChI=1S/C60H101NO8/c1-3-5-7-9-11-12-13-14-15-16-17-18-19-20-21-22-23-24-25-26-27-28-29-30-31-32-33-34-35-36-37-38-39-40-41-42-44-46-48-50-56(64)61-53(54(63)49-47-45-43-10-8-6-4-2)52-68-60-59(67)58(66)57(65)55(51-62)69-60/h5,7,11-12,14-15,17-18,20-21,23-24,26-27,29-30,47,49,53-55,57-60,62-63,65-67H,3-4,6,8-10,13,16,19,22,25,28,31-46,48,50-52H2,1-2H3,(H,61,64)/b7-5-,12-11-,15-14-,18-17-,21-20-,24-23-,27-26-,30-29-,49-47+. The summed E-state index contributed by atoms with van der Waals surface area (Å²) >= 11 is 0. The first-order valence-corrected chi connectivity index (χ1v) is 27.6. The lowest BCUT2D eigenvalue weighted by molar-refractivity contribution is -0.302. The van der Waals surface area contributed by atoms with E-state index in [1.807, 2.05) is 6.08 Å². The van der Waals surface area contributed by atoms with Crippen LogP contribution in [0.15, 0.2) is 109 Å². The molecule has 0 aromatic heterocycles. The van der Waals surface area contributed by atoms with Crippen molar-refractivity contribution in [1.82, 2.24) is 5.32 Å². The van der Waals surface area contributed by atoms with Crippen LogP contribution >= 0.6 is 0 Å². The minimum Gasteiger partial charge on any atom is -0.394 e. The molecule has 0 aliphatic carbocycles. The SMILES string of the molecule is CC/C=C\C/C=C\C/C=C\C/C=C\C/C=C\C/C=C\C/C=C\C/C=C\CCCCCCCCCCCCCCCCC(=O)NC(COC1OC(CO)C(O)C(O)C1O)C(O)/C=C/CCCCCCC. The van der Waals surface area contributed by atoms with Crippen LogP contribution in [0.5, 0.6) is 0 Å². The summed E-state index contributed by atoms with van der Waals surface area (Å²) < 4.78 is 11.2. The fraction of sp³-hybridized carbons (Fsp3) is 0.683. The van der Waals surface area contributed by atoms with E-state index in [0.29, 0.717) is 6.42 Å². The van der Waals surface area contributed by atoms with E-state index in [1.54, 1.807) is 6.08 Å². The molecule has 0 saturated carbocycles. The Bertz CT molecular complexity index is 1440. The highest BCUT2D eigenvalue weighted by Crippen LogP contribution is 2.23. The first kappa shape index (κ1) is 63.9. The number of allylic oxidation sites excluding steroid dienone is 17. The van der Waals surface area contributed by atoms with Gasteiger partial charge in [0.25, 0.3) is 0 Å². The zero-order valence-electron chi connectivity index (χ0n) is 43.5. The molecule has 1 aliphatic rings. The van der Waals surface area contributed by atoms with Gasteiger partial charge in [-0.1, -0.05) is 226 Å². The van der Waals surface area contributed by atoms with Crippen molar-refractivity contribution < 1.29 is 39.8 Å². The van der Waals surface area contributed by atoms with E-state index in [-0.39, 0.29) is 12.5 Å². The van der Waals surface area contributed by atoms with E-state index in [0.717, 1.165) is 89.9 Å². The van der Waals surface area contributed by atoms with Gasteiger partial charge in [0.05, 0.1) is 25.4 Å². The second kappa shape index (κ2) is 48.5. The molecule has 0 radical (unpaired) electrons. The van der Waals surface area contributed by atoms with Gasteiger partial charge in [0, 0.05) is 6.42 Å². The summed E-state index contributed by atoms with van der Waals surface area (Å²) in [5.41, 5.74) is 0. The number of hydrogen-bond donors (Lipinski definition) is 6. The Morgan fingerprint density at radius 3 is 1.33 bits per heavy atom. The maximum atomic E-state index is 12.9. The predicted molar refractivity (Wildman–Crippen MR) is 290 cm³/mol. The third kappa shape index (κ3) is 38.2. The van der Waals surface area contributed by atoms with Gasteiger partial charge in [0.1, 0.15) is 24.4 Å². The van der Waals surface area contributed by atoms with Crippen molar-refractivity contribution >= 4 is 5.91 Å². The number of nitrogens with one attached hydrogen (secondary N) is 1. The fourth-order valence-electron chi connectivity index (χ4n) is 7.99. The molecule has 0 aromatic rings. The van der Waals surface area contributed by atoms with E-state index >= 15 is 0 Å². The Kier molecular flexibility index (Phi) is 44.9. The molecule has 6 N–H and O–H groups in total. The van der Waals surface area contributed by atoms with Crippen molar-refractivity contribution in [2.45, 2.75) is 249 Å². The number of rotatable bonds is 45. The van der Waals surface area contributed by atoms with Crippen LogP contribution in [0.2, 0.25) is 0 Å². The van der Waals surface area contributed by atoms with Crippen LogP contribution in [0.25, 0.3) is 0 Å². The second-order valence-electron chi connectivity index (χ2n) is 18.6. The van der Waals surface area contributed by atoms with Crippen LogP contribution in [-0.2, 0) is 14.3 Å². The average molecular weight is 964 g/mol. The molecule has 9 heteroatoms. The highest BCUT2D eigenvalue weighted by Gasteiger charge is 2.44. The second-order valence-corrected chi connectivity index (χ2v) is 18.6. The molecule has 0 spiro atoms. The van der Waals surface area contributed by atoms with Gasteiger partial charge in [-0.15, -0.1) is 0 Å². The van der Waals surface area contributed by atoms with Crippen LogP contribution in [-0.4, -0.2) is 87.5 Å². The number of carbonyl (C=O) groups is 1. The predicted octanol–water partition coefficient (Wildman–Crippen LogP) is 13.4. The van der Waals surface area contributed by atoms with E-state index in [9.17, 15) is 30.3 Å². The lowest BCUT2D eigenvalue weighted by atomic mass is 9.99. The van der Waals surface area contributed by atoms with Gasteiger partial charge >= 0.3 is 0 Å². The first-order valence-electron chi connectivity index (χ1n) is 27.6. The van der Waals surface area contributed by atoms with Crippen molar-refractivity contribution in [3.05, 3.63) is 109 Å². The zero-order valence-corrected chi connectivity index (χ0v) is 43.5. The summed E-state index contributed by atoms with van der Waals surface area (Å²) in [6.45, 7) is 3.58. The Labute approximate surface area is 421 Å². The summed E-state index contributed by atoms with van der Waals surface area (Å²) in [5.74, 6) is -0.186. The van der Waals surface area contributed by atoms with Crippen LogP contribution < -0.4 is 5.32 Å². The molecule has 1 saturated heterocycles. The number of amides is 1. The maximum Gasteiger partial charge on any atom is 0.220 e. The Hall–Kier alpha value is -3.15. The summed E-state index contributed by atoms with van der Waals surface area (Å²) in [6.07, 6.45) is 64.8. The van der Waals surface area contributed by atoms with Gasteiger partial charge in [-0.25, -0.2) is 0 Å². The minimum absolute atomic E-state index is 0.186. The highest BCUT2D eigenvalue weighted by molar-refractivity contribution is 5.76. The Morgan fingerprint density at radius 2 is 0.899 bits per heavy atom. The molecule has 1 rings (SSSR count). The molecule has 1 amide bonds. The molecular formula is C60H101NO8. The Morgan fingerprint density at radius 1 is 0.507 bits per heavy atom. The van der Waals surface area contributed by atoms with E-state index in [4.69, 9.17) is 9.47 Å². The van der Waals surface area contributed by atoms with E-state index in [1.165, 1.54) is 96.3 Å². The van der Waals surface area contributed by atoms with Crippen LogP contribution in [0.3, 0.4) is 0 Å². The van der Waals surface area contributed by atoms with Crippen molar-refractivity contribution in [1.29, 1.82) is 0 Å². The quantitative estimate of drug-likeness (QED) is 0.0261. The molecule has 0 bridgehead atoms. The van der Waals surface area contributed by atoms with Gasteiger partial charge < -0.3 is 40.3 Å². The number of carbonyl (C=O) groups excluding carboxylic acids is 1. The van der Waals surface area contributed by atoms with Crippen molar-refractivity contribution in [3.8, 4) is 0 Å². The van der Waals surface area contributed by atoms with Crippen LogP contribution in [0.4, 0.5) is 0 Å². The normalized spacial score (nSPS) is 20.4. The topological polar surface area (TPSA) is 149 Å². The third-order valence-electron chi connectivity index (χ3n) is 12.4. The van der Waals surface area contributed by atoms with Crippen LogP contribution in [0.1, 0.15) is 206 Å². The minimum atomic E-state index is -1.57. The number of ether oxygens (including phenoxy) is 2. The molecule has 394 valence electrons. The van der Waals surface area contributed by atoms with Crippen LogP contribution in [0, 0.1) is 0 Å². The number of hydrogen-bond acceptors (Lipinski definition) is 8. The van der Waals surface area contributed by atoms with E-state index in [2.05, 4.69) is 116 Å². The molecule has 1 fully saturated rings. The largest absolute Gasteiger partial charge is 0.394 e. The molecule has 7 unspecified atom stereocenters. The zero-order chi connectivity index (χ0) is 50.1. The monoisotopic (exact) mass is 964 g/mol. The highest BCUT2D eigenvalue weighted by atomic mass is 16.7. The average Bonchev–Trinajstić information content (AvgIpc) is 3.35. The van der Waals surface area contributed by atoms with Gasteiger partial charge in [0.15, 0.2) is 6.29 Å². The third-order valence-corrected chi connectivity index (χ3v) is 12.4. The summed E-state index contributed by atoms with van der Waals surface area (Å²) in [7, 11) is 0. The van der Waals surface area contributed by atoms with Crippen molar-refractivity contribution in [2.75, 3.05) is 13.2 Å². The molecule has 1 heterocycles. The Balaban J connectivity index is 2.05. The van der Waals surface area contributed by atoms with Gasteiger partial charge in [-0.2, -0.15) is 0 Å². The van der Waals surface area contributed by atoms with E-state index < -0.39 is 49.5 Å². The number of aliphatic hydroxyl groups excluding tert-OH is 5. The van der Waals surface area contributed by atoms with Gasteiger partial charge in [0.2, 0.25) is 5.91 Å². The summed E-state index contributed by atoms with van der Waals surface area (Å²) in [5, 5.41) is 54.0. The van der Waals surface area contributed by atoms with Crippen molar-refractivity contribution in [2.24, 2.45) is 0 Å². The maximum absolute atomic E-state index is 12.9. The van der Waals surface area contributed by atoms with Crippen molar-refractivity contribution in [3.63, 3.8) is 0 Å². The summed E-state index contributed by atoms with van der Waals surface area (Å²) in [4.78, 5) is 12.9. The molecular weight excluding hydrogens is 863 g/mol. The van der Waals surface area contributed by atoms with Gasteiger partial charge in [-0.05, 0) is 83.5 Å². The molecule has 0 aromatic carbocycles. The fourth-order valence-corrected chi connectivity index (χ4v) is 7.99. The smallest absolute Gasteiger partial charge is 0.220 e. The number of aliphatic hydroxyl groups is 5.